The van der Waals surface area contributed by atoms with Crippen LogP contribution >= 0.6 is 0 Å². The largest absolute Gasteiger partial charge is 0.480 e. The van der Waals surface area contributed by atoms with E-state index in [1.165, 1.54) is 0 Å². The van der Waals surface area contributed by atoms with Gasteiger partial charge < -0.3 is 5.11 Å². The second kappa shape index (κ2) is 8.96. The van der Waals surface area contributed by atoms with E-state index in [1.54, 1.807) is 36.4 Å². The first-order valence-corrected chi connectivity index (χ1v) is 11.3. The highest BCUT2D eigenvalue weighted by molar-refractivity contribution is 7.89. The number of carboxylic acid groups (broad SMARTS) is 1. The maximum absolute atomic E-state index is 13.4. The monoisotopic (exact) mass is 427 g/mol. The van der Waals surface area contributed by atoms with Crippen LogP contribution in [0.25, 0.3) is 0 Å². The number of benzene rings is 2. The number of hydrogen-bond acceptors (Lipinski definition) is 5. The summed E-state index contributed by atoms with van der Waals surface area (Å²) >= 11 is 0. The predicted molar refractivity (Wildman–Crippen MR) is 113 cm³/mol. The van der Waals surface area contributed by atoms with Gasteiger partial charge in [0.15, 0.2) is 5.37 Å². The first-order chi connectivity index (χ1) is 14.2. The molecule has 0 saturated heterocycles. The van der Waals surface area contributed by atoms with Gasteiger partial charge in [-0.1, -0.05) is 36.4 Å². The van der Waals surface area contributed by atoms with Gasteiger partial charge in [0.25, 0.3) is 0 Å². The van der Waals surface area contributed by atoms with Crippen molar-refractivity contribution in [1.29, 1.82) is 5.26 Å². The maximum Gasteiger partial charge on any atom is 0.322 e. The molecule has 0 saturated carbocycles. The molecule has 158 valence electrons. The number of sulfonamides is 1. The summed E-state index contributed by atoms with van der Waals surface area (Å²) in [6.07, 6.45) is 0.684. The van der Waals surface area contributed by atoms with Crippen molar-refractivity contribution >= 4 is 16.0 Å². The fraction of sp³-hybridized carbons (Fsp3) is 0.364. The molecule has 2 N–H and O–H groups in total. The smallest absolute Gasteiger partial charge is 0.322 e. The van der Waals surface area contributed by atoms with Crippen molar-refractivity contribution < 1.29 is 18.3 Å². The SMILES string of the molecule is CC(C)N1CCc2ccccc2C1S(=O)(=O)N[C@@H](Cc1cccc(C#N)c1)C(=O)O. The van der Waals surface area contributed by atoms with Gasteiger partial charge in [-0.2, -0.15) is 9.98 Å². The summed E-state index contributed by atoms with van der Waals surface area (Å²) in [4.78, 5) is 13.7. The highest BCUT2D eigenvalue weighted by atomic mass is 32.2. The number of nitriles is 1. The van der Waals surface area contributed by atoms with Crippen molar-refractivity contribution in [3.8, 4) is 6.07 Å². The molecule has 0 amide bonds. The van der Waals surface area contributed by atoms with Gasteiger partial charge in [-0.05, 0) is 55.5 Å². The number of hydrogen-bond donors (Lipinski definition) is 2. The van der Waals surface area contributed by atoms with Crippen LogP contribution in [-0.2, 0) is 27.7 Å². The molecule has 1 aliphatic heterocycles. The number of carbonyl (C=O) groups is 1. The van der Waals surface area contributed by atoms with Gasteiger partial charge in [0, 0.05) is 12.6 Å². The number of rotatable bonds is 7. The average Bonchev–Trinajstić information content (AvgIpc) is 2.72. The van der Waals surface area contributed by atoms with E-state index in [1.807, 2.05) is 36.9 Å². The molecule has 1 unspecified atom stereocenters. The normalized spacial score (nSPS) is 17.9. The minimum Gasteiger partial charge on any atom is -0.480 e. The molecule has 0 aromatic heterocycles. The summed E-state index contributed by atoms with van der Waals surface area (Å²) in [5.74, 6) is -1.26. The van der Waals surface area contributed by atoms with Crippen molar-refractivity contribution in [2.75, 3.05) is 6.54 Å². The molecule has 2 aromatic carbocycles. The minimum atomic E-state index is -4.04. The molecule has 8 heteroatoms. The zero-order valence-corrected chi connectivity index (χ0v) is 17.8. The Labute approximate surface area is 177 Å². The van der Waals surface area contributed by atoms with Crippen LogP contribution in [0.15, 0.2) is 48.5 Å². The molecule has 0 radical (unpaired) electrons. The van der Waals surface area contributed by atoms with Crippen LogP contribution in [0, 0.1) is 11.3 Å². The summed E-state index contributed by atoms with van der Waals surface area (Å²) in [6.45, 7) is 4.43. The molecule has 7 nitrogen and oxygen atoms in total. The van der Waals surface area contributed by atoms with Gasteiger partial charge in [-0.3, -0.25) is 9.69 Å². The van der Waals surface area contributed by atoms with Crippen molar-refractivity contribution in [3.63, 3.8) is 0 Å². The van der Waals surface area contributed by atoms with E-state index in [4.69, 9.17) is 5.26 Å². The molecular weight excluding hydrogens is 402 g/mol. The van der Waals surface area contributed by atoms with Gasteiger partial charge in [0.1, 0.15) is 6.04 Å². The zero-order chi connectivity index (χ0) is 21.9. The summed E-state index contributed by atoms with van der Waals surface area (Å²) in [5, 5.41) is 17.8. The van der Waals surface area contributed by atoms with E-state index in [0.29, 0.717) is 23.2 Å². The lowest BCUT2D eigenvalue weighted by Gasteiger charge is -2.39. The maximum atomic E-state index is 13.4. The Morgan fingerprint density at radius 1 is 1.27 bits per heavy atom. The molecule has 0 spiro atoms. The van der Waals surface area contributed by atoms with Crippen LogP contribution in [-0.4, -0.2) is 43.0 Å². The Bertz CT molecular complexity index is 1080. The van der Waals surface area contributed by atoms with Crippen molar-refractivity contribution in [2.24, 2.45) is 0 Å². The topological polar surface area (TPSA) is 111 Å². The lowest BCUT2D eigenvalue weighted by atomic mass is 9.99. The Morgan fingerprint density at radius 2 is 2.00 bits per heavy atom. The molecule has 1 aliphatic rings. The third-order valence-corrected chi connectivity index (χ3v) is 7.05. The number of aliphatic carboxylic acids is 1. The molecule has 1 heterocycles. The average molecular weight is 428 g/mol. The molecule has 30 heavy (non-hydrogen) atoms. The molecule has 2 atom stereocenters. The first kappa shape index (κ1) is 22.0. The number of nitrogens with one attached hydrogen (secondary N) is 1. The third kappa shape index (κ3) is 4.70. The van der Waals surface area contributed by atoms with Crippen LogP contribution in [0.5, 0.6) is 0 Å². The van der Waals surface area contributed by atoms with Gasteiger partial charge in [0.2, 0.25) is 10.0 Å². The summed E-state index contributed by atoms with van der Waals surface area (Å²) in [5.41, 5.74) is 2.61. The van der Waals surface area contributed by atoms with Crippen LogP contribution in [0.1, 0.15) is 41.5 Å². The number of nitrogens with zero attached hydrogens (tertiary/aromatic N) is 2. The fourth-order valence-electron chi connectivity index (χ4n) is 3.87. The Morgan fingerprint density at radius 3 is 2.67 bits per heavy atom. The van der Waals surface area contributed by atoms with Crippen molar-refractivity contribution in [1.82, 2.24) is 9.62 Å². The minimum absolute atomic E-state index is 0.0319. The number of carboxylic acids is 1. The van der Waals surface area contributed by atoms with Crippen molar-refractivity contribution in [2.45, 2.75) is 44.1 Å². The lowest BCUT2D eigenvalue weighted by Crippen LogP contribution is -2.51. The van der Waals surface area contributed by atoms with Gasteiger partial charge in [-0.15, -0.1) is 0 Å². The molecule has 2 aromatic rings. The van der Waals surface area contributed by atoms with Gasteiger partial charge >= 0.3 is 5.97 Å². The Balaban J connectivity index is 1.93. The molecule has 0 fully saturated rings. The highest BCUT2D eigenvalue weighted by Gasteiger charge is 2.40. The Hall–Kier alpha value is -2.73. The van der Waals surface area contributed by atoms with E-state index in [2.05, 4.69) is 4.72 Å². The van der Waals surface area contributed by atoms with Gasteiger partial charge in [0.05, 0.1) is 11.6 Å². The fourth-order valence-corrected chi connectivity index (χ4v) is 5.85. The lowest BCUT2D eigenvalue weighted by molar-refractivity contribution is -0.138. The van der Waals surface area contributed by atoms with Crippen molar-refractivity contribution in [3.05, 3.63) is 70.8 Å². The van der Waals surface area contributed by atoms with Crippen LogP contribution in [0.4, 0.5) is 0 Å². The molecular formula is C22H25N3O4S. The van der Waals surface area contributed by atoms with Crippen LogP contribution in [0.3, 0.4) is 0 Å². The summed E-state index contributed by atoms with van der Waals surface area (Å²) in [7, 11) is -4.04. The van der Waals surface area contributed by atoms with Crippen LogP contribution < -0.4 is 4.72 Å². The van der Waals surface area contributed by atoms with E-state index in [9.17, 15) is 18.3 Å². The second-order valence-corrected chi connectivity index (χ2v) is 9.47. The second-order valence-electron chi connectivity index (χ2n) is 7.70. The standard InChI is InChI=1S/C22H25N3O4S/c1-15(2)25-11-10-18-8-3-4-9-19(18)21(25)30(28,29)24-20(22(26)27)13-16-6-5-7-17(12-16)14-23/h3-9,12,15,20-21,24H,10-11,13H2,1-2H3,(H,26,27)/t20-,21?/m0/s1. The quantitative estimate of drug-likeness (QED) is 0.702. The summed E-state index contributed by atoms with van der Waals surface area (Å²) in [6, 6.07) is 14.5. The van der Waals surface area contributed by atoms with Crippen LogP contribution in [0.2, 0.25) is 0 Å². The van der Waals surface area contributed by atoms with E-state index >= 15 is 0 Å². The molecule has 0 aliphatic carbocycles. The first-order valence-electron chi connectivity index (χ1n) is 9.79. The van der Waals surface area contributed by atoms with E-state index < -0.39 is 27.4 Å². The third-order valence-electron chi connectivity index (χ3n) is 5.32. The van der Waals surface area contributed by atoms with E-state index in [-0.39, 0.29) is 12.5 Å². The Kier molecular flexibility index (Phi) is 6.56. The predicted octanol–water partition coefficient (Wildman–Crippen LogP) is 2.44. The highest BCUT2D eigenvalue weighted by Crippen LogP contribution is 2.35. The zero-order valence-electron chi connectivity index (χ0n) is 16.9. The van der Waals surface area contributed by atoms with E-state index in [0.717, 1.165) is 12.0 Å². The molecule has 0 bridgehead atoms. The summed E-state index contributed by atoms with van der Waals surface area (Å²) < 4.78 is 29.3. The molecule has 3 rings (SSSR count). The number of fused-ring (bicyclic) bond motifs is 1. The van der Waals surface area contributed by atoms with Gasteiger partial charge in [-0.25, -0.2) is 8.42 Å².